The molecule has 36 heavy (non-hydrogen) atoms. The first-order valence-electron chi connectivity index (χ1n) is 11.3. The van der Waals surface area contributed by atoms with E-state index in [4.69, 9.17) is 21.1 Å². The summed E-state index contributed by atoms with van der Waals surface area (Å²) < 4.78 is 41.9. The first kappa shape index (κ1) is 27.7. The molecule has 0 aliphatic carbocycles. The number of rotatable bonds is 11. The van der Waals surface area contributed by atoms with Crippen LogP contribution in [-0.4, -0.2) is 47.5 Å². The fraction of sp³-hybridized carbons (Fsp3) is 0.417. The van der Waals surface area contributed by atoms with E-state index < -0.39 is 12.5 Å². The summed E-state index contributed by atoms with van der Waals surface area (Å²) in [6.45, 7) is 4.27. The molecule has 2 aromatic rings. The number of allylic oxidation sites excluding steroid dienone is 4. The van der Waals surface area contributed by atoms with Crippen molar-refractivity contribution in [1.82, 2.24) is 15.2 Å². The fourth-order valence-electron chi connectivity index (χ4n) is 3.32. The summed E-state index contributed by atoms with van der Waals surface area (Å²) in [4.78, 5) is 17.2. The molecule has 8 nitrogen and oxygen atoms in total. The van der Waals surface area contributed by atoms with Crippen molar-refractivity contribution in [3.63, 3.8) is 0 Å². The lowest BCUT2D eigenvalue weighted by Crippen LogP contribution is -2.15. The number of ether oxygens (including phenoxy) is 3. The van der Waals surface area contributed by atoms with E-state index >= 15 is 0 Å². The fourth-order valence-corrected chi connectivity index (χ4v) is 4.07. The molecule has 1 amide bonds. The van der Waals surface area contributed by atoms with Crippen LogP contribution in [0.4, 0.5) is 13.9 Å². The van der Waals surface area contributed by atoms with Crippen LogP contribution < -0.4 is 14.8 Å². The van der Waals surface area contributed by atoms with Crippen LogP contribution in [0.15, 0.2) is 41.6 Å². The number of carbonyl (C=O) groups excluding carboxylic acids is 1. The van der Waals surface area contributed by atoms with Gasteiger partial charge in [0.05, 0.1) is 19.4 Å². The van der Waals surface area contributed by atoms with Crippen molar-refractivity contribution >= 4 is 39.5 Å². The molecular formula is C24H27ClF2N4O4S. The van der Waals surface area contributed by atoms with Gasteiger partial charge in [-0.3, -0.25) is 10.1 Å². The highest BCUT2D eigenvalue weighted by Crippen LogP contribution is 2.34. The number of amides is 1. The quantitative estimate of drug-likeness (QED) is 0.214. The number of hydrogen-bond acceptors (Lipinski definition) is 8. The number of pyridine rings is 1. The molecule has 0 radical (unpaired) electrons. The van der Waals surface area contributed by atoms with Gasteiger partial charge in [0.15, 0.2) is 5.75 Å². The zero-order valence-corrected chi connectivity index (χ0v) is 21.7. The lowest BCUT2D eigenvalue weighted by atomic mass is 9.96. The molecule has 3 rings (SSSR count). The van der Waals surface area contributed by atoms with Gasteiger partial charge in [-0.1, -0.05) is 47.4 Å². The Morgan fingerprint density at radius 2 is 2.19 bits per heavy atom. The Morgan fingerprint density at radius 1 is 1.39 bits per heavy atom. The summed E-state index contributed by atoms with van der Waals surface area (Å²) in [5.74, 6) is -0.432. The number of aromatic nitrogens is 3. The Morgan fingerprint density at radius 3 is 2.86 bits per heavy atom. The molecule has 194 valence electrons. The predicted molar refractivity (Wildman–Crippen MR) is 135 cm³/mol. The third kappa shape index (κ3) is 8.07. The highest BCUT2D eigenvalue weighted by Gasteiger charge is 2.21. The van der Waals surface area contributed by atoms with Gasteiger partial charge < -0.3 is 14.2 Å². The summed E-state index contributed by atoms with van der Waals surface area (Å²) >= 11 is 7.16. The molecule has 1 unspecified atom stereocenters. The number of halogens is 3. The highest BCUT2D eigenvalue weighted by molar-refractivity contribution is 7.17. The van der Waals surface area contributed by atoms with Gasteiger partial charge in [0.2, 0.25) is 5.13 Å². The van der Waals surface area contributed by atoms with Crippen LogP contribution >= 0.6 is 22.9 Å². The standard InChI is InChI=1S/C24H27ClF2N4O4S/c1-4-5-6-16(17(9-14(2)3)18-10-20(25)28-11-19(18)35-22(26)27)21(32)29-23-30-31-24(36-23)34-13-15-7-8-33-12-15/h5-6,9-11,15,22H,4,7-8,12-13H2,1-3H3,(H,29,30,32)/b6-5+,17-16-. The largest absolute Gasteiger partial charge is 0.469 e. The van der Waals surface area contributed by atoms with E-state index in [2.05, 4.69) is 25.2 Å². The Kier molecular flexibility index (Phi) is 10.3. The molecule has 1 aliphatic rings. The average molecular weight is 541 g/mol. The molecule has 0 spiro atoms. The predicted octanol–water partition coefficient (Wildman–Crippen LogP) is 5.93. The monoisotopic (exact) mass is 540 g/mol. The molecule has 0 bridgehead atoms. The number of hydrogen-bond donors (Lipinski definition) is 1. The van der Waals surface area contributed by atoms with Crippen LogP contribution in [0, 0.1) is 5.92 Å². The Labute approximate surface area is 217 Å². The van der Waals surface area contributed by atoms with E-state index in [0.29, 0.717) is 42.9 Å². The van der Waals surface area contributed by atoms with E-state index in [1.807, 2.05) is 20.8 Å². The zero-order valence-electron chi connectivity index (χ0n) is 20.1. The van der Waals surface area contributed by atoms with E-state index in [1.54, 1.807) is 18.2 Å². The number of anilines is 1. The SMILES string of the molecule is CC/C=C/C(C(=O)Nc1nnc(OCC2CCOC2)s1)=C(\C=C(C)C)c1cc(Cl)ncc1OC(F)F. The van der Waals surface area contributed by atoms with Gasteiger partial charge >= 0.3 is 6.61 Å². The van der Waals surface area contributed by atoms with Gasteiger partial charge in [0, 0.05) is 23.7 Å². The van der Waals surface area contributed by atoms with Crippen LogP contribution in [0.2, 0.25) is 5.15 Å². The van der Waals surface area contributed by atoms with Crippen molar-refractivity contribution in [2.75, 3.05) is 25.1 Å². The second-order valence-corrected chi connectivity index (χ2v) is 9.44. The third-order valence-corrected chi connectivity index (χ3v) is 5.88. The molecule has 1 fully saturated rings. The van der Waals surface area contributed by atoms with Gasteiger partial charge in [-0.15, -0.1) is 5.10 Å². The molecule has 2 aromatic heterocycles. The molecule has 1 aliphatic heterocycles. The average Bonchev–Trinajstić information content (AvgIpc) is 3.50. The number of nitrogens with one attached hydrogen (secondary N) is 1. The van der Waals surface area contributed by atoms with Crippen LogP contribution in [0.25, 0.3) is 5.57 Å². The molecular weight excluding hydrogens is 514 g/mol. The minimum atomic E-state index is -3.08. The molecule has 3 heterocycles. The minimum absolute atomic E-state index is 0.0593. The zero-order chi connectivity index (χ0) is 26.1. The second kappa shape index (κ2) is 13.4. The molecule has 1 N–H and O–H groups in total. The summed E-state index contributed by atoms with van der Waals surface area (Å²) in [5.41, 5.74) is 1.54. The summed E-state index contributed by atoms with van der Waals surface area (Å²) in [5, 5.41) is 11.3. The summed E-state index contributed by atoms with van der Waals surface area (Å²) in [6.07, 6.45) is 7.75. The number of nitrogens with zero attached hydrogens (tertiary/aromatic N) is 3. The van der Waals surface area contributed by atoms with Gasteiger partial charge in [-0.2, -0.15) is 8.78 Å². The first-order chi connectivity index (χ1) is 17.3. The Hall–Kier alpha value is -2.89. The van der Waals surface area contributed by atoms with Crippen LogP contribution in [0.3, 0.4) is 0 Å². The molecule has 1 saturated heterocycles. The first-order valence-corrected chi connectivity index (χ1v) is 12.5. The smallest absolute Gasteiger partial charge is 0.387 e. The molecule has 0 saturated carbocycles. The van der Waals surface area contributed by atoms with Crippen LogP contribution in [0.5, 0.6) is 10.9 Å². The minimum Gasteiger partial charge on any atom is -0.469 e. The maximum absolute atomic E-state index is 13.4. The van der Waals surface area contributed by atoms with Crippen molar-refractivity contribution in [3.8, 4) is 10.9 Å². The van der Waals surface area contributed by atoms with Crippen molar-refractivity contribution in [2.24, 2.45) is 5.92 Å². The van der Waals surface area contributed by atoms with Crippen molar-refractivity contribution < 1.29 is 27.8 Å². The highest BCUT2D eigenvalue weighted by atomic mass is 35.5. The lowest BCUT2D eigenvalue weighted by Gasteiger charge is -2.15. The maximum atomic E-state index is 13.4. The third-order valence-electron chi connectivity index (χ3n) is 4.92. The van der Waals surface area contributed by atoms with Gasteiger partial charge in [0.1, 0.15) is 5.15 Å². The molecule has 0 aromatic carbocycles. The van der Waals surface area contributed by atoms with Gasteiger partial charge in [0.25, 0.3) is 11.1 Å². The van der Waals surface area contributed by atoms with E-state index in [9.17, 15) is 13.6 Å². The molecule has 12 heteroatoms. The van der Waals surface area contributed by atoms with Crippen LogP contribution in [0.1, 0.15) is 39.2 Å². The van der Waals surface area contributed by atoms with E-state index in [0.717, 1.165) is 29.5 Å². The second-order valence-electron chi connectivity index (χ2n) is 8.11. The topological polar surface area (TPSA) is 95.5 Å². The van der Waals surface area contributed by atoms with E-state index in [-0.39, 0.29) is 27.2 Å². The van der Waals surface area contributed by atoms with Gasteiger partial charge in [-0.25, -0.2) is 4.98 Å². The maximum Gasteiger partial charge on any atom is 0.387 e. The Bertz CT molecular complexity index is 1140. The Balaban J connectivity index is 1.95. The molecule has 1 atom stereocenters. The summed E-state index contributed by atoms with van der Waals surface area (Å²) in [6, 6.07) is 1.38. The van der Waals surface area contributed by atoms with Crippen molar-refractivity contribution in [3.05, 3.63) is 52.4 Å². The van der Waals surface area contributed by atoms with Gasteiger partial charge in [-0.05, 0) is 49.7 Å². The van der Waals surface area contributed by atoms with Crippen molar-refractivity contribution in [2.45, 2.75) is 40.2 Å². The number of alkyl halides is 2. The van der Waals surface area contributed by atoms with Crippen LogP contribution in [-0.2, 0) is 9.53 Å². The summed E-state index contributed by atoms with van der Waals surface area (Å²) in [7, 11) is 0. The van der Waals surface area contributed by atoms with Crippen molar-refractivity contribution in [1.29, 1.82) is 0 Å². The lowest BCUT2D eigenvalue weighted by molar-refractivity contribution is -0.112. The van der Waals surface area contributed by atoms with E-state index in [1.165, 1.54) is 6.07 Å². The number of carbonyl (C=O) groups is 1. The normalized spacial score (nSPS) is 16.2.